The van der Waals surface area contributed by atoms with E-state index >= 15 is 0 Å². The number of hydrogen-bond donors (Lipinski definition) is 2. The monoisotopic (exact) mass is 226 g/mol. The molecule has 16 heavy (non-hydrogen) atoms. The number of aromatic nitrogens is 2. The number of methoxy groups -OCH3 is 1. The second-order valence-corrected chi connectivity index (χ2v) is 3.71. The molecule has 6 nitrogen and oxygen atoms in total. The van der Waals surface area contributed by atoms with E-state index in [1.165, 1.54) is 0 Å². The number of nitrogens with one attached hydrogen (secondary N) is 2. The Morgan fingerprint density at radius 1 is 1.69 bits per heavy atom. The van der Waals surface area contributed by atoms with Gasteiger partial charge < -0.3 is 15.4 Å². The zero-order valence-electron chi connectivity index (χ0n) is 9.86. The van der Waals surface area contributed by atoms with Crippen LogP contribution in [0.25, 0.3) is 0 Å². The van der Waals surface area contributed by atoms with Crippen LogP contribution in [0.5, 0.6) is 0 Å². The molecule has 0 aromatic carbocycles. The molecule has 0 unspecified atom stereocenters. The predicted octanol–water partition coefficient (Wildman–Crippen LogP) is 0.254. The minimum Gasteiger partial charge on any atom is -0.383 e. The average Bonchev–Trinajstić information content (AvgIpc) is 2.61. The molecule has 0 aliphatic heterocycles. The Kier molecular flexibility index (Phi) is 4.78. The smallest absolute Gasteiger partial charge is 0.315 e. The molecule has 0 bridgehead atoms. The van der Waals surface area contributed by atoms with Crippen molar-refractivity contribution < 1.29 is 9.53 Å². The first-order valence-electron chi connectivity index (χ1n) is 5.12. The van der Waals surface area contributed by atoms with E-state index in [0.717, 1.165) is 5.56 Å². The van der Waals surface area contributed by atoms with Gasteiger partial charge in [0.1, 0.15) is 0 Å². The fourth-order valence-electron chi connectivity index (χ4n) is 1.31. The maximum absolute atomic E-state index is 11.4. The summed E-state index contributed by atoms with van der Waals surface area (Å²) in [5.41, 5.74) is 0.969. The highest BCUT2D eigenvalue weighted by Gasteiger charge is 2.06. The number of ether oxygens (including phenoxy) is 1. The lowest BCUT2D eigenvalue weighted by molar-refractivity contribution is 0.171. The molecule has 6 heteroatoms. The van der Waals surface area contributed by atoms with Crippen LogP contribution in [0.2, 0.25) is 0 Å². The van der Waals surface area contributed by atoms with Crippen molar-refractivity contribution in [1.29, 1.82) is 0 Å². The van der Waals surface area contributed by atoms with E-state index in [-0.39, 0.29) is 12.1 Å². The van der Waals surface area contributed by atoms with Crippen LogP contribution in [0.15, 0.2) is 12.4 Å². The molecule has 90 valence electrons. The lowest BCUT2D eigenvalue weighted by Crippen LogP contribution is -2.42. The van der Waals surface area contributed by atoms with E-state index in [1.54, 1.807) is 18.0 Å². The molecule has 0 saturated carbocycles. The van der Waals surface area contributed by atoms with E-state index in [0.29, 0.717) is 13.2 Å². The largest absolute Gasteiger partial charge is 0.383 e. The molecule has 1 atom stereocenters. The fourth-order valence-corrected chi connectivity index (χ4v) is 1.31. The highest BCUT2D eigenvalue weighted by molar-refractivity contribution is 5.74. The number of aryl methyl sites for hydroxylation is 1. The van der Waals surface area contributed by atoms with Gasteiger partial charge in [0.05, 0.1) is 18.8 Å². The standard InChI is InChI=1S/C10H18N4O2/c1-8(7-16-3)13-10(15)11-4-9-5-12-14(2)6-9/h5-6,8H,4,7H2,1-3H3,(H2,11,13,15)/t8-/m0/s1. The zero-order chi connectivity index (χ0) is 12.0. The number of carbonyl (C=O) groups is 1. The number of hydrogen-bond acceptors (Lipinski definition) is 3. The van der Waals surface area contributed by atoms with E-state index in [2.05, 4.69) is 15.7 Å². The Hall–Kier alpha value is -1.56. The van der Waals surface area contributed by atoms with Gasteiger partial charge in [-0.2, -0.15) is 5.10 Å². The van der Waals surface area contributed by atoms with Crippen LogP contribution in [0, 0.1) is 0 Å². The summed E-state index contributed by atoms with van der Waals surface area (Å²) in [6, 6.07) is -0.202. The van der Waals surface area contributed by atoms with Gasteiger partial charge in [-0.15, -0.1) is 0 Å². The van der Waals surface area contributed by atoms with Crippen molar-refractivity contribution in [3.63, 3.8) is 0 Å². The first kappa shape index (κ1) is 12.5. The van der Waals surface area contributed by atoms with E-state index in [9.17, 15) is 4.79 Å². The van der Waals surface area contributed by atoms with Gasteiger partial charge in [0.25, 0.3) is 0 Å². The lowest BCUT2D eigenvalue weighted by Gasteiger charge is -2.13. The van der Waals surface area contributed by atoms with E-state index in [1.807, 2.05) is 20.2 Å². The third-order valence-electron chi connectivity index (χ3n) is 2.01. The van der Waals surface area contributed by atoms with Gasteiger partial charge in [-0.25, -0.2) is 4.79 Å². The Bertz CT molecular complexity index is 337. The Morgan fingerprint density at radius 3 is 3.00 bits per heavy atom. The van der Waals surface area contributed by atoms with Crippen molar-refractivity contribution >= 4 is 6.03 Å². The molecule has 0 spiro atoms. The maximum Gasteiger partial charge on any atom is 0.315 e. The normalized spacial score (nSPS) is 12.2. The summed E-state index contributed by atoms with van der Waals surface area (Å²) in [6.07, 6.45) is 3.58. The number of nitrogens with zero attached hydrogens (tertiary/aromatic N) is 2. The number of urea groups is 1. The summed E-state index contributed by atoms with van der Waals surface area (Å²) in [5.74, 6) is 0. The lowest BCUT2D eigenvalue weighted by atomic mass is 10.3. The van der Waals surface area contributed by atoms with Gasteiger partial charge in [0, 0.05) is 32.5 Å². The van der Waals surface area contributed by atoms with Gasteiger partial charge >= 0.3 is 6.03 Å². The van der Waals surface area contributed by atoms with Crippen LogP contribution < -0.4 is 10.6 Å². The Labute approximate surface area is 95.0 Å². The molecule has 2 N–H and O–H groups in total. The highest BCUT2D eigenvalue weighted by atomic mass is 16.5. The topological polar surface area (TPSA) is 68.2 Å². The molecular weight excluding hydrogens is 208 g/mol. The summed E-state index contributed by atoms with van der Waals surface area (Å²) < 4.78 is 6.61. The van der Waals surface area contributed by atoms with Gasteiger partial charge in [0.2, 0.25) is 0 Å². The van der Waals surface area contributed by atoms with E-state index in [4.69, 9.17) is 4.74 Å². The third-order valence-corrected chi connectivity index (χ3v) is 2.01. The van der Waals surface area contributed by atoms with Crippen LogP contribution in [0.3, 0.4) is 0 Å². The number of amides is 2. The van der Waals surface area contributed by atoms with Crippen LogP contribution in [-0.2, 0) is 18.3 Å². The van der Waals surface area contributed by atoms with Crippen molar-refractivity contribution in [3.05, 3.63) is 18.0 Å². The van der Waals surface area contributed by atoms with Gasteiger partial charge in [-0.1, -0.05) is 0 Å². The summed E-state index contributed by atoms with van der Waals surface area (Å²) in [5, 5.41) is 9.51. The van der Waals surface area contributed by atoms with Crippen molar-refractivity contribution in [1.82, 2.24) is 20.4 Å². The van der Waals surface area contributed by atoms with Crippen molar-refractivity contribution in [2.24, 2.45) is 7.05 Å². The first-order chi connectivity index (χ1) is 7.61. The van der Waals surface area contributed by atoms with Crippen LogP contribution in [-0.4, -0.2) is 35.6 Å². The molecule has 0 fully saturated rings. The van der Waals surface area contributed by atoms with Gasteiger partial charge in [-0.05, 0) is 6.92 Å². The molecule has 1 aromatic rings. The Morgan fingerprint density at radius 2 is 2.44 bits per heavy atom. The minimum atomic E-state index is -0.201. The molecular formula is C10H18N4O2. The molecule has 0 saturated heterocycles. The summed E-state index contributed by atoms with van der Waals surface area (Å²) in [4.78, 5) is 11.4. The quantitative estimate of drug-likeness (QED) is 0.756. The third kappa shape index (κ3) is 4.31. The summed E-state index contributed by atoms with van der Waals surface area (Å²) >= 11 is 0. The summed E-state index contributed by atoms with van der Waals surface area (Å²) in [7, 11) is 3.44. The maximum atomic E-state index is 11.4. The second-order valence-electron chi connectivity index (χ2n) is 3.71. The van der Waals surface area contributed by atoms with Crippen LogP contribution >= 0.6 is 0 Å². The summed E-state index contributed by atoms with van der Waals surface area (Å²) in [6.45, 7) is 2.85. The van der Waals surface area contributed by atoms with Gasteiger partial charge in [0.15, 0.2) is 0 Å². The first-order valence-corrected chi connectivity index (χ1v) is 5.12. The van der Waals surface area contributed by atoms with Crippen molar-refractivity contribution in [3.8, 4) is 0 Å². The highest BCUT2D eigenvalue weighted by Crippen LogP contribution is 1.94. The molecule has 2 amide bonds. The van der Waals surface area contributed by atoms with Crippen LogP contribution in [0.4, 0.5) is 4.79 Å². The molecule has 1 rings (SSSR count). The molecule has 0 aliphatic carbocycles. The van der Waals surface area contributed by atoms with Crippen LogP contribution in [0.1, 0.15) is 12.5 Å². The van der Waals surface area contributed by atoms with Crippen molar-refractivity contribution in [2.75, 3.05) is 13.7 Å². The van der Waals surface area contributed by atoms with Crippen molar-refractivity contribution in [2.45, 2.75) is 19.5 Å². The average molecular weight is 226 g/mol. The molecule has 0 radical (unpaired) electrons. The SMILES string of the molecule is COC[C@H](C)NC(=O)NCc1cnn(C)c1. The number of rotatable bonds is 5. The fraction of sp³-hybridized carbons (Fsp3) is 0.600. The van der Waals surface area contributed by atoms with E-state index < -0.39 is 0 Å². The molecule has 0 aliphatic rings. The molecule has 1 heterocycles. The predicted molar refractivity (Wildman–Crippen MR) is 59.9 cm³/mol. The minimum absolute atomic E-state index is 0.00102. The zero-order valence-corrected chi connectivity index (χ0v) is 9.86. The number of carbonyl (C=O) groups excluding carboxylic acids is 1. The second kappa shape index (κ2) is 6.12. The van der Waals surface area contributed by atoms with Gasteiger partial charge in [-0.3, -0.25) is 4.68 Å². The Balaban J connectivity index is 2.25. The molecule has 1 aromatic heterocycles.